The van der Waals surface area contributed by atoms with Crippen LogP contribution in [0, 0.1) is 5.92 Å². The normalized spacial score (nSPS) is 34.2. The van der Waals surface area contributed by atoms with Crippen LogP contribution in [0.1, 0.15) is 47.0 Å². The van der Waals surface area contributed by atoms with Crippen molar-refractivity contribution in [3.63, 3.8) is 0 Å². The molecule has 1 aliphatic heterocycles. The summed E-state index contributed by atoms with van der Waals surface area (Å²) in [4.78, 5) is 2.68. The lowest BCUT2D eigenvalue weighted by atomic mass is 9.92. The summed E-state index contributed by atoms with van der Waals surface area (Å²) in [6.45, 7) is 13.2. The summed E-state index contributed by atoms with van der Waals surface area (Å²) in [6, 6.07) is 0.750. The first-order valence-electron chi connectivity index (χ1n) is 7.65. The Balaban J connectivity index is 1.87. The third-order valence-electron chi connectivity index (χ3n) is 4.54. The van der Waals surface area contributed by atoms with Crippen molar-refractivity contribution in [3.05, 3.63) is 0 Å². The van der Waals surface area contributed by atoms with Gasteiger partial charge in [0.1, 0.15) is 0 Å². The Morgan fingerprint density at radius 1 is 1.39 bits per heavy atom. The fraction of sp³-hybridized carbons (Fsp3) is 1.00. The fourth-order valence-electron chi connectivity index (χ4n) is 2.93. The summed E-state index contributed by atoms with van der Waals surface area (Å²) in [6.07, 6.45) is 4.41. The van der Waals surface area contributed by atoms with Gasteiger partial charge in [-0.1, -0.05) is 6.92 Å². The summed E-state index contributed by atoms with van der Waals surface area (Å²) < 4.78 is 5.73. The van der Waals surface area contributed by atoms with Gasteiger partial charge >= 0.3 is 0 Å². The van der Waals surface area contributed by atoms with Crippen LogP contribution in [-0.2, 0) is 4.74 Å². The van der Waals surface area contributed by atoms with Crippen LogP contribution >= 0.6 is 0 Å². The lowest BCUT2D eigenvalue weighted by Gasteiger charge is -2.46. The molecule has 2 fully saturated rings. The van der Waals surface area contributed by atoms with Crippen LogP contribution in [0.2, 0.25) is 0 Å². The van der Waals surface area contributed by atoms with Crippen molar-refractivity contribution >= 4 is 0 Å². The van der Waals surface area contributed by atoms with E-state index in [1.165, 1.54) is 25.8 Å². The van der Waals surface area contributed by atoms with E-state index in [9.17, 15) is 0 Å². The molecule has 0 aromatic rings. The third-order valence-corrected chi connectivity index (χ3v) is 4.54. The molecule has 0 radical (unpaired) electrons. The number of nitrogens with zero attached hydrogens (tertiary/aromatic N) is 1. The number of hydrogen-bond donors (Lipinski definition) is 1. The molecule has 1 N–H and O–H groups in total. The van der Waals surface area contributed by atoms with E-state index in [2.05, 4.69) is 37.9 Å². The molecule has 2 unspecified atom stereocenters. The molecular formula is C15H30N2O. The van der Waals surface area contributed by atoms with Crippen molar-refractivity contribution in [2.75, 3.05) is 26.2 Å². The van der Waals surface area contributed by atoms with E-state index in [1.807, 2.05) is 0 Å². The van der Waals surface area contributed by atoms with Crippen molar-refractivity contribution in [1.29, 1.82) is 0 Å². The third kappa shape index (κ3) is 3.69. The van der Waals surface area contributed by atoms with E-state index in [0.29, 0.717) is 11.6 Å². The lowest BCUT2D eigenvalue weighted by molar-refractivity contribution is 0.0180. The van der Waals surface area contributed by atoms with Gasteiger partial charge in [-0.05, 0) is 46.0 Å². The topological polar surface area (TPSA) is 24.5 Å². The molecule has 3 heteroatoms. The molecule has 0 aromatic heterocycles. The summed E-state index contributed by atoms with van der Waals surface area (Å²) in [7, 11) is 0. The summed E-state index contributed by atoms with van der Waals surface area (Å²) in [5.74, 6) is 0.943. The van der Waals surface area contributed by atoms with Crippen LogP contribution in [0.4, 0.5) is 0 Å². The zero-order valence-corrected chi connectivity index (χ0v) is 12.5. The molecule has 0 aromatic carbocycles. The van der Waals surface area contributed by atoms with Crippen LogP contribution in [-0.4, -0.2) is 48.8 Å². The SMILES string of the molecule is CCC1(C)CN(CCOC(C)C)C(C2CC2)CN1. The Hall–Kier alpha value is -0.120. The molecule has 18 heavy (non-hydrogen) atoms. The smallest absolute Gasteiger partial charge is 0.0597 e. The van der Waals surface area contributed by atoms with E-state index >= 15 is 0 Å². The molecule has 2 aliphatic rings. The van der Waals surface area contributed by atoms with Crippen molar-refractivity contribution in [2.45, 2.75) is 64.6 Å². The minimum Gasteiger partial charge on any atom is -0.377 e. The highest BCUT2D eigenvalue weighted by Crippen LogP contribution is 2.37. The predicted molar refractivity (Wildman–Crippen MR) is 75.9 cm³/mol. The van der Waals surface area contributed by atoms with Crippen LogP contribution in [0.25, 0.3) is 0 Å². The number of ether oxygens (including phenoxy) is 1. The molecule has 1 saturated heterocycles. The zero-order valence-electron chi connectivity index (χ0n) is 12.5. The molecule has 0 spiro atoms. The average molecular weight is 254 g/mol. The monoisotopic (exact) mass is 254 g/mol. The van der Waals surface area contributed by atoms with Crippen molar-refractivity contribution in [3.8, 4) is 0 Å². The Labute approximate surface area is 112 Å². The summed E-state index contributed by atoms with van der Waals surface area (Å²) in [5, 5.41) is 3.76. The van der Waals surface area contributed by atoms with Crippen LogP contribution < -0.4 is 5.32 Å². The number of piperazine rings is 1. The number of rotatable bonds is 6. The maximum Gasteiger partial charge on any atom is 0.0597 e. The van der Waals surface area contributed by atoms with E-state index < -0.39 is 0 Å². The van der Waals surface area contributed by atoms with Gasteiger partial charge in [-0.3, -0.25) is 4.90 Å². The van der Waals surface area contributed by atoms with Gasteiger partial charge in [0.2, 0.25) is 0 Å². The first kappa shape index (κ1) is 14.3. The van der Waals surface area contributed by atoms with Crippen molar-refractivity contribution in [1.82, 2.24) is 10.2 Å². The van der Waals surface area contributed by atoms with Gasteiger partial charge in [0, 0.05) is 31.2 Å². The molecule has 0 bridgehead atoms. The molecule has 0 amide bonds. The van der Waals surface area contributed by atoms with Crippen molar-refractivity contribution in [2.24, 2.45) is 5.92 Å². The van der Waals surface area contributed by atoms with Gasteiger partial charge in [-0.15, -0.1) is 0 Å². The molecule has 1 saturated carbocycles. The van der Waals surface area contributed by atoms with Gasteiger partial charge in [-0.25, -0.2) is 0 Å². The van der Waals surface area contributed by atoms with E-state index in [-0.39, 0.29) is 0 Å². The highest BCUT2D eigenvalue weighted by atomic mass is 16.5. The van der Waals surface area contributed by atoms with E-state index in [4.69, 9.17) is 4.74 Å². The second-order valence-electron chi connectivity index (χ2n) is 6.59. The maximum absolute atomic E-state index is 5.73. The molecule has 2 atom stereocenters. The van der Waals surface area contributed by atoms with E-state index in [1.54, 1.807) is 0 Å². The summed E-state index contributed by atoms with van der Waals surface area (Å²) >= 11 is 0. The number of hydrogen-bond acceptors (Lipinski definition) is 3. The first-order valence-corrected chi connectivity index (χ1v) is 7.65. The molecule has 106 valence electrons. The van der Waals surface area contributed by atoms with Gasteiger partial charge in [0.05, 0.1) is 12.7 Å². The lowest BCUT2D eigenvalue weighted by Crippen LogP contribution is -2.63. The highest BCUT2D eigenvalue weighted by Gasteiger charge is 2.41. The first-order chi connectivity index (χ1) is 8.54. The Morgan fingerprint density at radius 3 is 2.67 bits per heavy atom. The summed E-state index contributed by atoms with van der Waals surface area (Å²) in [5.41, 5.74) is 0.295. The molecule has 1 aliphatic carbocycles. The quantitative estimate of drug-likeness (QED) is 0.787. The standard InChI is InChI=1S/C15H30N2O/c1-5-15(4)11-17(8-9-18-12(2)3)14(10-16-15)13-6-7-13/h12-14,16H,5-11H2,1-4H3. The predicted octanol–water partition coefficient (Wildman–Crippen LogP) is 2.26. The van der Waals surface area contributed by atoms with E-state index in [0.717, 1.165) is 31.7 Å². The van der Waals surface area contributed by atoms with Gasteiger partial charge in [-0.2, -0.15) is 0 Å². The Bertz CT molecular complexity index is 265. The van der Waals surface area contributed by atoms with Gasteiger partial charge in [0.25, 0.3) is 0 Å². The maximum atomic E-state index is 5.73. The van der Waals surface area contributed by atoms with Crippen molar-refractivity contribution < 1.29 is 4.74 Å². The molecule has 1 heterocycles. The van der Waals surface area contributed by atoms with Gasteiger partial charge < -0.3 is 10.1 Å². The Morgan fingerprint density at radius 2 is 2.11 bits per heavy atom. The molecule has 2 rings (SSSR count). The second-order valence-corrected chi connectivity index (χ2v) is 6.59. The minimum atomic E-state index is 0.295. The largest absolute Gasteiger partial charge is 0.377 e. The molecular weight excluding hydrogens is 224 g/mol. The van der Waals surface area contributed by atoms with Crippen LogP contribution in [0.15, 0.2) is 0 Å². The Kier molecular flexibility index (Phi) is 4.68. The highest BCUT2D eigenvalue weighted by molar-refractivity contribution is 4.99. The second kappa shape index (κ2) is 5.89. The fourth-order valence-corrected chi connectivity index (χ4v) is 2.93. The number of nitrogens with one attached hydrogen (secondary N) is 1. The zero-order chi connectivity index (χ0) is 13.2. The van der Waals surface area contributed by atoms with Crippen LogP contribution in [0.5, 0.6) is 0 Å². The van der Waals surface area contributed by atoms with Gasteiger partial charge in [0.15, 0.2) is 0 Å². The van der Waals surface area contributed by atoms with Crippen LogP contribution in [0.3, 0.4) is 0 Å². The molecule has 3 nitrogen and oxygen atoms in total. The minimum absolute atomic E-state index is 0.295. The average Bonchev–Trinajstić information content (AvgIpc) is 3.13.